The van der Waals surface area contributed by atoms with Crippen molar-refractivity contribution in [1.82, 2.24) is 14.9 Å². The molecule has 0 aliphatic carbocycles. The van der Waals surface area contributed by atoms with Crippen molar-refractivity contribution in [2.75, 3.05) is 45.0 Å². The number of ether oxygens (including phenoxy) is 1. The Morgan fingerprint density at radius 3 is 2.41 bits per heavy atom. The van der Waals surface area contributed by atoms with Crippen molar-refractivity contribution >= 4 is 49.8 Å². The van der Waals surface area contributed by atoms with Crippen molar-refractivity contribution in [1.29, 1.82) is 0 Å². The van der Waals surface area contributed by atoms with Crippen molar-refractivity contribution in [3.8, 4) is 5.75 Å². The first kappa shape index (κ1) is 19.0. The minimum absolute atomic E-state index is 0.458. The molecular formula is C22H26N6O. The summed E-state index contributed by atoms with van der Waals surface area (Å²) in [5.74, 6) is 1.07. The summed E-state index contributed by atoms with van der Waals surface area (Å²) in [6.07, 6.45) is 0.747. The molecule has 6 N–H and O–H groups in total. The van der Waals surface area contributed by atoms with Crippen LogP contribution in [-0.2, 0) is 6.42 Å². The Morgan fingerprint density at radius 2 is 1.72 bits per heavy atom. The molecule has 29 heavy (non-hydrogen) atoms. The van der Waals surface area contributed by atoms with Crippen molar-refractivity contribution in [2.45, 2.75) is 13.3 Å². The van der Waals surface area contributed by atoms with Gasteiger partial charge in [-0.25, -0.2) is 4.98 Å². The molecule has 0 saturated heterocycles. The minimum atomic E-state index is 0.458. The highest BCUT2D eigenvalue weighted by atomic mass is 16.5. The molecular weight excluding hydrogens is 364 g/mol. The van der Waals surface area contributed by atoms with Gasteiger partial charge in [-0.05, 0) is 44.8 Å². The number of anilines is 3. The van der Waals surface area contributed by atoms with Crippen LogP contribution in [-0.4, -0.2) is 42.6 Å². The van der Waals surface area contributed by atoms with Crippen LogP contribution < -0.4 is 21.9 Å². The van der Waals surface area contributed by atoms with E-state index < -0.39 is 0 Å². The monoisotopic (exact) mass is 390 g/mol. The molecule has 2 heterocycles. The Kier molecular flexibility index (Phi) is 4.55. The van der Waals surface area contributed by atoms with E-state index in [-0.39, 0.29) is 0 Å². The molecule has 0 fully saturated rings. The maximum absolute atomic E-state index is 6.48. The number of nitrogen functional groups attached to an aromatic ring is 3. The van der Waals surface area contributed by atoms with Gasteiger partial charge in [0.25, 0.3) is 0 Å². The third-order valence-electron chi connectivity index (χ3n) is 5.44. The first-order valence-corrected chi connectivity index (χ1v) is 9.50. The van der Waals surface area contributed by atoms with E-state index in [0.717, 1.165) is 56.8 Å². The molecule has 7 heteroatoms. The molecule has 0 aliphatic rings. The number of hydrogen-bond donors (Lipinski definition) is 3. The van der Waals surface area contributed by atoms with Gasteiger partial charge in [0.1, 0.15) is 11.6 Å². The summed E-state index contributed by atoms with van der Waals surface area (Å²) in [5.41, 5.74) is 23.5. The Balaban J connectivity index is 2.23. The molecule has 4 rings (SSSR count). The highest BCUT2D eigenvalue weighted by Gasteiger charge is 2.18. The average molecular weight is 390 g/mol. The Bertz CT molecular complexity index is 1270. The average Bonchev–Trinajstić information content (AvgIpc) is 2.68. The van der Waals surface area contributed by atoms with Gasteiger partial charge in [-0.15, -0.1) is 0 Å². The Morgan fingerprint density at radius 1 is 0.966 bits per heavy atom. The topological polar surface area (TPSA) is 116 Å². The van der Waals surface area contributed by atoms with Gasteiger partial charge in [0.15, 0.2) is 0 Å². The summed E-state index contributed by atoms with van der Waals surface area (Å²) in [6.45, 7) is 2.81. The van der Waals surface area contributed by atoms with E-state index in [1.807, 2.05) is 45.3 Å². The van der Waals surface area contributed by atoms with Gasteiger partial charge in [0, 0.05) is 40.2 Å². The second-order valence-electron chi connectivity index (χ2n) is 7.65. The van der Waals surface area contributed by atoms with E-state index in [1.54, 1.807) is 7.11 Å². The molecule has 0 radical (unpaired) electrons. The standard InChI is InChI=1S/C22H26N6O/c1-11-14(23)6-5-12-19-13-9-18(29-4)15(24)10-17(13)26-16(7-8-28(2)3)20(19)22(25)27-21(11)12/h5-6,9-10H,7-8,23-24H2,1-4H3,(H2,25,27). The Labute approximate surface area is 169 Å². The van der Waals surface area contributed by atoms with Crippen LogP contribution in [0.4, 0.5) is 17.2 Å². The lowest BCUT2D eigenvalue weighted by atomic mass is 9.96. The van der Waals surface area contributed by atoms with Gasteiger partial charge in [-0.2, -0.15) is 0 Å². The number of likely N-dealkylation sites (N-methyl/N-ethyl adjacent to an activating group) is 1. The molecule has 150 valence electrons. The fourth-order valence-corrected chi connectivity index (χ4v) is 3.84. The summed E-state index contributed by atoms with van der Waals surface area (Å²) in [7, 11) is 5.68. The normalized spacial score (nSPS) is 11.8. The molecule has 2 aromatic heterocycles. The fraction of sp³-hybridized carbons (Fsp3) is 0.273. The smallest absolute Gasteiger partial charge is 0.142 e. The molecule has 0 atom stereocenters. The van der Waals surface area contributed by atoms with E-state index in [2.05, 4.69) is 4.90 Å². The van der Waals surface area contributed by atoms with Crippen LogP contribution in [0.2, 0.25) is 0 Å². The van der Waals surface area contributed by atoms with Gasteiger partial charge in [0.2, 0.25) is 0 Å². The zero-order valence-electron chi connectivity index (χ0n) is 17.2. The van der Waals surface area contributed by atoms with E-state index in [4.69, 9.17) is 31.9 Å². The lowest BCUT2D eigenvalue weighted by molar-refractivity contribution is 0.412. The fourth-order valence-electron chi connectivity index (χ4n) is 3.84. The number of methoxy groups -OCH3 is 1. The van der Waals surface area contributed by atoms with Crippen LogP contribution in [0.3, 0.4) is 0 Å². The van der Waals surface area contributed by atoms with Crippen LogP contribution in [0.5, 0.6) is 5.75 Å². The van der Waals surface area contributed by atoms with Crippen LogP contribution in [0.1, 0.15) is 11.3 Å². The molecule has 0 bridgehead atoms. The molecule has 0 unspecified atom stereocenters. The van der Waals surface area contributed by atoms with E-state index in [1.165, 1.54) is 0 Å². The number of fused-ring (bicyclic) bond motifs is 5. The first-order valence-electron chi connectivity index (χ1n) is 9.50. The van der Waals surface area contributed by atoms with Crippen molar-refractivity contribution < 1.29 is 4.74 Å². The van der Waals surface area contributed by atoms with Gasteiger partial charge in [-0.3, -0.25) is 4.98 Å². The maximum Gasteiger partial charge on any atom is 0.142 e. The number of hydrogen-bond acceptors (Lipinski definition) is 7. The SMILES string of the molecule is COc1cc2c(cc1N)nc(CCN(C)C)c1c(N)nc3c(C)c(N)ccc3c12. The molecule has 7 nitrogen and oxygen atoms in total. The number of pyridine rings is 2. The van der Waals surface area contributed by atoms with E-state index >= 15 is 0 Å². The van der Waals surface area contributed by atoms with Crippen LogP contribution >= 0.6 is 0 Å². The van der Waals surface area contributed by atoms with Gasteiger partial charge in [0.05, 0.1) is 29.5 Å². The summed E-state index contributed by atoms with van der Waals surface area (Å²) >= 11 is 0. The summed E-state index contributed by atoms with van der Waals surface area (Å²) in [5, 5.41) is 3.81. The quantitative estimate of drug-likeness (QED) is 0.362. The van der Waals surface area contributed by atoms with Gasteiger partial charge in [-0.1, -0.05) is 6.07 Å². The second-order valence-corrected chi connectivity index (χ2v) is 7.65. The first-order chi connectivity index (χ1) is 13.8. The van der Waals surface area contributed by atoms with Crippen LogP contribution in [0.25, 0.3) is 32.6 Å². The summed E-state index contributed by atoms with van der Waals surface area (Å²) < 4.78 is 5.47. The van der Waals surface area contributed by atoms with E-state index in [9.17, 15) is 0 Å². The predicted molar refractivity (Wildman–Crippen MR) is 121 cm³/mol. The van der Waals surface area contributed by atoms with Crippen molar-refractivity contribution in [3.05, 3.63) is 35.5 Å². The highest BCUT2D eigenvalue weighted by Crippen LogP contribution is 2.39. The molecule has 0 saturated carbocycles. The molecule has 0 spiro atoms. The van der Waals surface area contributed by atoms with Crippen LogP contribution in [0.15, 0.2) is 24.3 Å². The number of aryl methyl sites for hydroxylation is 1. The number of nitrogens with zero attached hydrogens (tertiary/aromatic N) is 3. The van der Waals surface area contributed by atoms with Gasteiger partial charge >= 0.3 is 0 Å². The molecule has 0 aliphatic heterocycles. The lowest BCUT2D eigenvalue weighted by Gasteiger charge is -2.17. The number of benzene rings is 2. The Hall–Kier alpha value is -3.32. The van der Waals surface area contributed by atoms with E-state index in [0.29, 0.717) is 22.9 Å². The number of aromatic nitrogens is 2. The summed E-state index contributed by atoms with van der Waals surface area (Å²) in [6, 6.07) is 7.71. The minimum Gasteiger partial charge on any atom is -0.495 e. The maximum atomic E-state index is 6.48. The third kappa shape index (κ3) is 3.03. The van der Waals surface area contributed by atoms with Crippen molar-refractivity contribution in [3.63, 3.8) is 0 Å². The zero-order chi connectivity index (χ0) is 20.9. The lowest BCUT2D eigenvalue weighted by Crippen LogP contribution is -2.16. The largest absolute Gasteiger partial charge is 0.495 e. The number of rotatable bonds is 4. The zero-order valence-corrected chi connectivity index (χ0v) is 17.2. The molecule has 2 aromatic carbocycles. The summed E-state index contributed by atoms with van der Waals surface area (Å²) in [4.78, 5) is 11.7. The van der Waals surface area contributed by atoms with Crippen LogP contribution in [0, 0.1) is 6.92 Å². The highest BCUT2D eigenvalue weighted by molar-refractivity contribution is 6.23. The number of nitrogens with two attached hydrogens (primary N) is 3. The third-order valence-corrected chi connectivity index (χ3v) is 5.44. The molecule has 4 aromatic rings. The second kappa shape index (κ2) is 6.93. The van der Waals surface area contributed by atoms with Crippen molar-refractivity contribution in [2.24, 2.45) is 0 Å². The van der Waals surface area contributed by atoms with Gasteiger partial charge < -0.3 is 26.8 Å². The molecule has 0 amide bonds. The predicted octanol–water partition coefficient (Wildman–Crippen LogP) is 3.10.